The summed E-state index contributed by atoms with van der Waals surface area (Å²) in [6, 6.07) is 40.7. The van der Waals surface area contributed by atoms with Gasteiger partial charge in [0.15, 0.2) is 0 Å². The van der Waals surface area contributed by atoms with Crippen molar-refractivity contribution < 1.29 is 69.9 Å². The van der Waals surface area contributed by atoms with Gasteiger partial charge in [-0.05, 0) is 146 Å². The Bertz CT molecular complexity index is 3100. The number of rotatable bonds is 12. The Hall–Kier alpha value is 9.43. The number of carbonyl (C=O) groups excluding carboxylic acids is 5. The largest absolute Gasteiger partial charge is 0.481 e. The molecule has 0 saturated carbocycles. The first-order valence-electron chi connectivity index (χ1n) is 26.0. The number of nitrogens with one attached hydrogen (secondary N) is 1. The summed E-state index contributed by atoms with van der Waals surface area (Å²) in [4.78, 5) is 73.5. The van der Waals surface area contributed by atoms with Gasteiger partial charge in [-0.25, -0.2) is 0 Å². The summed E-state index contributed by atoms with van der Waals surface area (Å²) in [5, 5.41) is 18.3. The summed E-state index contributed by atoms with van der Waals surface area (Å²) < 4.78 is 9.98. The van der Waals surface area contributed by atoms with Crippen LogP contribution >= 0.6 is 320 Å². The van der Waals surface area contributed by atoms with Crippen LogP contribution in [0.4, 0.5) is 0 Å². The van der Waals surface area contributed by atoms with Gasteiger partial charge in [0.2, 0.25) is 0 Å². The van der Waals surface area contributed by atoms with E-state index in [9.17, 15) is 28.8 Å². The molecular weight excluding hydrogens is 3670 g/mol. The molecule has 3 aliphatic heterocycles. The quantitative estimate of drug-likeness (QED) is 0.0686. The fourth-order valence-electron chi connectivity index (χ4n) is 8.56. The molecule has 0 atom stereocenters. The number of likely N-dealkylation sites (tertiary alicyclic amines) is 2. The molecule has 12 nitrogen and oxygen atoms in total. The summed E-state index contributed by atoms with van der Waals surface area (Å²) in [7, 11) is -1.72. The predicted octanol–water partition coefficient (Wildman–Crippen LogP) is 21.5. The van der Waals surface area contributed by atoms with Gasteiger partial charge in [0.25, 0.3) is 17.1 Å². The third-order valence-electron chi connectivity index (χ3n) is 12.7. The molecule has 6 aromatic rings. The molecule has 3 heterocycles. The van der Waals surface area contributed by atoms with E-state index in [0.717, 1.165) is 58.2 Å². The van der Waals surface area contributed by atoms with E-state index in [4.69, 9.17) is 26.2 Å². The topological polar surface area (TPSA) is 160 Å². The van der Waals surface area contributed by atoms with Crippen molar-refractivity contribution in [1.29, 1.82) is 0 Å². The minimum absolute atomic E-state index is 0.00964. The Labute approximate surface area is 718 Å². The van der Waals surface area contributed by atoms with E-state index in [-0.39, 0.29) is 88.9 Å². The first-order chi connectivity index (χ1) is 42.8. The normalized spacial score (nSPS) is 14.9. The Morgan fingerprint density at radius 2 is 0.800 bits per heavy atom. The maximum atomic E-state index is 12.7. The minimum Gasteiger partial charge on any atom is -0.481 e. The van der Waals surface area contributed by atoms with E-state index in [1.165, 1.54) is 0 Å². The van der Waals surface area contributed by atoms with Crippen LogP contribution in [0, 0.1) is 17.8 Å². The number of piperidine rings is 3. The van der Waals surface area contributed by atoms with E-state index in [2.05, 4.69) is 266 Å². The first-order valence-corrected chi connectivity index (χ1v) is 140. The SMILES string of the molecule is CCOC(=O)C1CCN(C(=O)c2ccc3ccccc3c2)CC1.CCOC(=O)C1CCNCC1.II(I)I.II(I)I(I)I.I[I-]I(I)I.I[I-]I(I)I(I)I.O=C(Cl)c1ccc2ccccc2c1.O=C(O)C1CCN(C(=O)c2ccc3ccccc3c2)CC1. The third kappa shape index (κ3) is 41.7. The molecule has 0 aromatic heterocycles. The van der Waals surface area contributed by atoms with E-state index in [1.807, 2.05) is 134 Å². The molecule has 2 N–H and O–H groups in total. The zero-order chi connectivity index (χ0) is 67.3. The second-order valence-corrected chi connectivity index (χ2v) is 343. The monoisotopic (exact) mass is 3730 g/mol. The summed E-state index contributed by atoms with van der Waals surface area (Å²) in [6.45, 7) is 8.72. The number of benzene rings is 6. The third-order valence-corrected chi connectivity index (χ3v) is 509. The molecule has 0 spiro atoms. The van der Waals surface area contributed by atoms with E-state index >= 15 is 0 Å². The Balaban J connectivity index is 0.000000377. The van der Waals surface area contributed by atoms with Crippen LogP contribution in [-0.4, -0.2) is 102 Å². The number of hydrogen-bond acceptors (Lipinski definition) is 9. The molecule has 90 heavy (non-hydrogen) atoms. The number of amides is 2. The first kappa shape index (κ1) is 95.5. The van der Waals surface area contributed by atoms with Crippen molar-refractivity contribution in [3.8, 4) is 0 Å². The van der Waals surface area contributed by atoms with Gasteiger partial charge in [-0.1, -0.05) is 91.0 Å². The van der Waals surface area contributed by atoms with Crippen molar-refractivity contribution >= 4 is 387 Å². The number of carboxylic acids is 1. The molecule has 0 radical (unpaired) electrons. The summed E-state index contributed by atoms with van der Waals surface area (Å²) in [6.07, 6.45) is 4.29. The summed E-state index contributed by atoms with van der Waals surface area (Å²) in [5.74, 6) is -1.12. The number of carboxylic acid groups (broad SMARTS) is 1. The minimum atomic E-state index is -0.757. The van der Waals surface area contributed by atoms with Crippen molar-refractivity contribution in [1.82, 2.24) is 15.1 Å². The Morgan fingerprint density at radius 1 is 0.489 bits per heavy atom. The van der Waals surface area contributed by atoms with Crippen LogP contribution in [0.5, 0.6) is 0 Å². The second kappa shape index (κ2) is 57.5. The van der Waals surface area contributed by atoms with Crippen molar-refractivity contribution in [2.75, 3.05) is 52.5 Å². The molecule has 0 unspecified atom stereocenters. The van der Waals surface area contributed by atoms with Crippen LogP contribution in [0.15, 0.2) is 127 Å². The van der Waals surface area contributed by atoms with E-state index in [0.29, 0.717) is 108 Å². The zero-order valence-electron chi connectivity index (χ0n) is 47.1. The number of carbonyl (C=O) groups is 6. The van der Waals surface area contributed by atoms with Gasteiger partial charge in [-0.3, -0.25) is 28.8 Å². The van der Waals surface area contributed by atoms with Crippen molar-refractivity contribution in [2.45, 2.75) is 52.4 Å². The predicted molar refractivity (Wildman–Crippen MR) is 546 cm³/mol. The second-order valence-electron chi connectivity index (χ2n) is 18.0. The van der Waals surface area contributed by atoms with Crippen molar-refractivity contribution in [3.05, 3.63) is 144 Å². The van der Waals surface area contributed by atoms with Gasteiger partial charge < -0.3 is 29.7 Å². The molecule has 3 aliphatic rings. The Morgan fingerprint density at radius 3 is 1.08 bits per heavy atom. The Kier molecular flexibility index (Phi) is 61.1. The van der Waals surface area contributed by atoms with E-state index in [1.54, 1.807) is 17.0 Å². The molecule has 512 valence electrons. The fraction of sp³-hybridized carbons (Fsp3) is 0.345. The fourth-order valence-corrected chi connectivity index (χ4v) is 218. The van der Waals surface area contributed by atoms with Crippen LogP contribution in [0.25, 0.3) is 32.3 Å². The van der Waals surface area contributed by atoms with Crippen LogP contribution in [0.3, 0.4) is 0 Å². The molecule has 6 aromatic carbocycles. The number of ether oxygens (including phenoxy) is 2. The standard InChI is InChI=1S/C19H21NO3.C17H17NO3.C11H7ClO.C8H15NO2.I7.I6.I5.I4/c1-2-23-19(22)15-9-11-20(12-10-15)18(21)17-8-7-14-5-3-4-6-16(14)13-17;19-16(18-9-7-13(8-10-18)17(20)21)15-6-5-12-3-1-2-4-14(12)11-15;12-11(13)10-6-5-8-3-1-2-4-9(8)7-10;1-2-11-8(10)7-3-5-9-6-4-7;1-5-7(4)6(2)3;1-5(2)6(3)4;1-4-5(2)3;1-4(2)3/h3-8,13,15H,2,9-12H2,1H3;1-6,11,13H,7-10H2,(H,20,21);1-7H;7,9H,2-6H2,1H3;;;;/q;;;;-1;;-1;. The van der Waals surface area contributed by atoms with Crippen LogP contribution < -0.4 is 31.8 Å². The average Bonchev–Trinajstić information content (AvgIpc) is 2.39. The molecule has 0 aliphatic carbocycles. The summed E-state index contributed by atoms with van der Waals surface area (Å²) >= 11 is 43.1. The number of aliphatic carboxylic acids is 1. The maximum absolute atomic E-state index is 12.7. The van der Waals surface area contributed by atoms with Gasteiger partial charge >= 0.3 is 352 Å². The maximum Gasteiger partial charge on any atom is 0.306 e. The number of fused-ring (bicyclic) bond motifs is 3. The van der Waals surface area contributed by atoms with Crippen LogP contribution in [0.1, 0.15) is 83.4 Å². The molecule has 3 fully saturated rings. The average molecular weight is 3730 g/mol. The van der Waals surface area contributed by atoms with Crippen molar-refractivity contribution in [2.24, 2.45) is 17.8 Å². The number of halogens is 23. The molecule has 0 bridgehead atoms. The van der Waals surface area contributed by atoms with Gasteiger partial charge in [-0.2, -0.15) is 0 Å². The number of hydrogen-bond donors (Lipinski definition) is 2. The van der Waals surface area contributed by atoms with Crippen LogP contribution in [0.2, 0.25) is 0 Å². The van der Waals surface area contributed by atoms with Crippen molar-refractivity contribution in [3.63, 3.8) is 0 Å². The molecule has 2 amide bonds. The van der Waals surface area contributed by atoms with E-state index < -0.39 is 11.2 Å². The van der Waals surface area contributed by atoms with Gasteiger partial charge in [0.1, 0.15) is 0 Å². The molecular formula is C55H60ClI22N3O9-2. The molecule has 35 heteroatoms. The van der Waals surface area contributed by atoms with Gasteiger partial charge in [0, 0.05) is 42.9 Å². The van der Waals surface area contributed by atoms with Gasteiger partial charge in [-0.15, -0.1) is 0 Å². The van der Waals surface area contributed by atoms with Gasteiger partial charge in [0.05, 0.1) is 31.0 Å². The van der Waals surface area contributed by atoms with Crippen LogP contribution in [-0.2, 0) is 23.9 Å². The number of esters is 2. The molecule has 3 saturated heterocycles. The summed E-state index contributed by atoms with van der Waals surface area (Å²) in [5.41, 5.74) is 1.92. The smallest absolute Gasteiger partial charge is 0.306 e. The number of nitrogens with zero attached hydrogens (tertiary/aromatic N) is 2. The zero-order valence-corrected chi connectivity index (χ0v) is 95.3. The molecule has 9 rings (SSSR count).